The molecule has 0 fully saturated rings. The number of para-hydroxylation sites is 1. The summed E-state index contributed by atoms with van der Waals surface area (Å²) in [5.41, 5.74) is 7.80. The van der Waals surface area contributed by atoms with Crippen LogP contribution in [0.15, 0.2) is 29.4 Å². The monoisotopic (exact) mass is 224 g/mol. The SMILES string of the molecule is NC(=S)N/N=C\c1ccccc1[N+](=O)[O-]. The highest BCUT2D eigenvalue weighted by atomic mass is 32.1. The molecule has 0 aliphatic carbocycles. The van der Waals surface area contributed by atoms with Crippen molar-refractivity contribution in [3.63, 3.8) is 0 Å². The zero-order chi connectivity index (χ0) is 11.3. The van der Waals surface area contributed by atoms with Crippen LogP contribution in [0.4, 0.5) is 5.69 Å². The first-order valence-corrected chi connectivity index (χ1v) is 4.34. The maximum absolute atomic E-state index is 10.6. The van der Waals surface area contributed by atoms with Gasteiger partial charge in [0.2, 0.25) is 0 Å². The van der Waals surface area contributed by atoms with Crippen LogP contribution in [-0.2, 0) is 0 Å². The standard InChI is InChI=1S/C8H8N4O2S/c9-8(15)11-10-5-6-3-1-2-4-7(6)12(13)14/h1-5H,(H3,9,11,15)/b10-5-. The van der Waals surface area contributed by atoms with Gasteiger partial charge in [-0.1, -0.05) is 12.1 Å². The Morgan fingerprint density at radius 2 is 2.27 bits per heavy atom. The fraction of sp³-hybridized carbons (Fsp3) is 0. The van der Waals surface area contributed by atoms with Crippen LogP contribution in [0.2, 0.25) is 0 Å². The first kappa shape index (κ1) is 11.1. The predicted octanol–water partition coefficient (Wildman–Crippen LogP) is 0.762. The molecular weight excluding hydrogens is 216 g/mol. The zero-order valence-electron chi connectivity index (χ0n) is 7.58. The van der Waals surface area contributed by atoms with Gasteiger partial charge in [-0.3, -0.25) is 15.5 Å². The highest BCUT2D eigenvalue weighted by Gasteiger charge is 2.09. The Bertz CT molecular complexity index is 419. The smallest absolute Gasteiger partial charge is 0.278 e. The minimum absolute atomic E-state index is 0.00448. The summed E-state index contributed by atoms with van der Waals surface area (Å²) in [5.74, 6) is 0. The molecule has 0 unspecified atom stereocenters. The number of nitrogens with one attached hydrogen (secondary N) is 1. The quantitative estimate of drug-likeness (QED) is 0.342. The van der Waals surface area contributed by atoms with Crippen molar-refractivity contribution in [1.29, 1.82) is 0 Å². The number of nitrogens with two attached hydrogens (primary N) is 1. The lowest BCUT2D eigenvalue weighted by Gasteiger charge is -1.96. The Labute approximate surface area is 90.9 Å². The van der Waals surface area contributed by atoms with Crippen LogP contribution in [0.25, 0.3) is 0 Å². The highest BCUT2D eigenvalue weighted by molar-refractivity contribution is 7.80. The second-order valence-corrected chi connectivity index (χ2v) is 2.99. The molecular formula is C8H8N4O2S. The summed E-state index contributed by atoms with van der Waals surface area (Å²) >= 11 is 4.51. The van der Waals surface area contributed by atoms with E-state index in [2.05, 4.69) is 22.7 Å². The predicted molar refractivity (Wildman–Crippen MR) is 60.6 cm³/mol. The Morgan fingerprint density at radius 3 is 2.87 bits per heavy atom. The van der Waals surface area contributed by atoms with Gasteiger partial charge in [0.1, 0.15) is 0 Å². The maximum Gasteiger partial charge on any atom is 0.278 e. The fourth-order valence-electron chi connectivity index (χ4n) is 0.928. The van der Waals surface area contributed by atoms with Gasteiger partial charge in [0, 0.05) is 6.07 Å². The lowest BCUT2D eigenvalue weighted by molar-refractivity contribution is -0.385. The summed E-state index contributed by atoms with van der Waals surface area (Å²) in [7, 11) is 0. The number of nitrogens with zero attached hydrogens (tertiary/aromatic N) is 2. The third-order valence-electron chi connectivity index (χ3n) is 1.51. The molecule has 0 bridgehead atoms. The van der Waals surface area contributed by atoms with E-state index in [1.165, 1.54) is 12.3 Å². The normalized spacial score (nSPS) is 10.1. The average molecular weight is 224 g/mol. The van der Waals surface area contributed by atoms with E-state index in [0.717, 1.165) is 0 Å². The van der Waals surface area contributed by atoms with E-state index in [0.29, 0.717) is 5.56 Å². The number of hydrazone groups is 1. The second-order valence-electron chi connectivity index (χ2n) is 2.55. The zero-order valence-corrected chi connectivity index (χ0v) is 8.40. The van der Waals surface area contributed by atoms with Crippen molar-refractivity contribution in [3.8, 4) is 0 Å². The van der Waals surface area contributed by atoms with Crippen molar-refractivity contribution >= 4 is 29.2 Å². The summed E-state index contributed by atoms with van der Waals surface area (Å²) in [6, 6.07) is 6.22. The molecule has 1 aromatic carbocycles. The third kappa shape index (κ3) is 3.31. The number of hydrogen-bond acceptors (Lipinski definition) is 4. The summed E-state index contributed by atoms with van der Waals surface area (Å²) < 4.78 is 0. The van der Waals surface area contributed by atoms with Crippen LogP contribution in [-0.4, -0.2) is 16.3 Å². The summed E-state index contributed by atoms with van der Waals surface area (Å²) in [4.78, 5) is 10.1. The molecule has 7 heteroatoms. The lowest BCUT2D eigenvalue weighted by atomic mass is 10.2. The van der Waals surface area contributed by atoms with Gasteiger partial charge in [-0.2, -0.15) is 5.10 Å². The number of nitro benzene ring substituents is 1. The average Bonchev–Trinajstić information content (AvgIpc) is 2.17. The number of hydrogen-bond donors (Lipinski definition) is 2. The minimum Gasteiger partial charge on any atom is -0.375 e. The van der Waals surface area contributed by atoms with Gasteiger partial charge in [0.05, 0.1) is 16.7 Å². The molecule has 0 spiro atoms. The molecule has 0 aromatic heterocycles. The molecule has 6 nitrogen and oxygen atoms in total. The summed E-state index contributed by atoms with van der Waals surface area (Å²) in [5, 5.41) is 14.2. The fourth-order valence-corrected chi connectivity index (χ4v) is 0.981. The molecule has 15 heavy (non-hydrogen) atoms. The van der Waals surface area contributed by atoms with E-state index in [9.17, 15) is 10.1 Å². The molecule has 0 radical (unpaired) electrons. The van der Waals surface area contributed by atoms with Crippen LogP contribution in [0, 0.1) is 10.1 Å². The van der Waals surface area contributed by atoms with Gasteiger partial charge in [0.25, 0.3) is 5.69 Å². The van der Waals surface area contributed by atoms with Gasteiger partial charge in [-0.25, -0.2) is 0 Å². The van der Waals surface area contributed by atoms with Crippen LogP contribution >= 0.6 is 12.2 Å². The van der Waals surface area contributed by atoms with Gasteiger partial charge >= 0.3 is 0 Å². The van der Waals surface area contributed by atoms with Gasteiger partial charge in [0.15, 0.2) is 5.11 Å². The van der Waals surface area contributed by atoms with Crippen LogP contribution in [0.5, 0.6) is 0 Å². The molecule has 0 saturated heterocycles. The summed E-state index contributed by atoms with van der Waals surface area (Å²) in [6.07, 6.45) is 1.29. The molecule has 3 N–H and O–H groups in total. The van der Waals surface area contributed by atoms with Crippen molar-refractivity contribution in [2.45, 2.75) is 0 Å². The number of thiocarbonyl (C=S) groups is 1. The van der Waals surface area contributed by atoms with E-state index < -0.39 is 4.92 Å². The van der Waals surface area contributed by atoms with Crippen molar-refractivity contribution in [1.82, 2.24) is 5.43 Å². The van der Waals surface area contributed by atoms with Crippen molar-refractivity contribution in [2.75, 3.05) is 0 Å². The minimum atomic E-state index is -0.484. The Balaban J connectivity index is 2.89. The molecule has 0 amide bonds. The van der Waals surface area contributed by atoms with Crippen LogP contribution in [0.1, 0.15) is 5.56 Å². The van der Waals surface area contributed by atoms with E-state index in [1.54, 1.807) is 18.2 Å². The van der Waals surface area contributed by atoms with Crippen LogP contribution < -0.4 is 11.2 Å². The molecule has 0 aliphatic heterocycles. The van der Waals surface area contributed by atoms with E-state index in [4.69, 9.17) is 5.73 Å². The van der Waals surface area contributed by atoms with Crippen molar-refractivity contribution in [2.24, 2.45) is 10.8 Å². The molecule has 0 atom stereocenters. The molecule has 0 saturated carbocycles. The van der Waals surface area contributed by atoms with E-state index >= 15 is 0 Å². The molecule has 0 heterocycles. The van der Waals surface area contributed by atoms with E-state index in [-0.39, 0.29) is 10.8 Å². The van der Waals surface area contributed by atoms with Crippen molar-refractivity contribution in [3.05, 3.63) is 39.9 Å². The molecule has 1 aromatic rings. The first-order valence-electron chi connectivity index (χ1n) is 3.93. The van der Waals surface area contributed by atoms with Gasteiger partial charge in [-0.15, -0.1) is 0 Å². The third-order valence-corrected chi connectivity index (χ3v) is 1.60. The first-order chi connectivity index (χ1) is 7.11. The highest BCUT2D eigenvalue weighted by Crippen LogP contribution is 2.14. The van der Waals surface area contributed by atoms with Gasteiger partial charge < -0.3 is 5.73 Å². The number of rotatable bonds is 3. The van der Waals surface area contributed by atoms with Gasteiger partial charge in [-0.05, 0) is 18.3 Å². The largest absolute Gasteiger partial charge is 0.375 e. The maximum atomic E-state index is 10.6. The van der Waals surface area contributed by atoms with E-state index in [1.807, 2.05) is 0 Å². The van der Waals surface area contributed by atoms with Crippen LogP contribution in [0.3, 0.4) is 0 Å². The molecule has 1 rings (SSSR count). The Hall–Kier alpha value is -2.02. The number of benzene rings is 1. The lowest BCUT2D eigenvalue weighted by Crippen LogP contribution is -2.24. The molecule has 0 aliphatic rings. The number of nitro groups is 1. The molecule has 78 valence electrons. The second kappa shape index (κ2) is 5.01. The summed E-state index contributed by atoms with van der Waals surface area (Å²) in [6.45, 7) is 0. The topological polar surface area (TPSA) is 93.5 Å². The van der Waals surface area contributed by atoms with Crippen molar-refractivity contribution < 1.29 is 4.92 Å². The Morgan fingerprint density at radius 1 is 1.60 bits per heavy atom. The Kier molecular flexibility index (Phi) is 3.69.